The number of rotatable bonds is 8. The lowest BCUT2D eigenvalue weighted by Crippen LogP contribution is -2.31. The van der Waals surface area contributed by atoms with E-state index < -0.39 is 29.4 Å². The molecule has 0 rings (SSSR count). The molecule has 0 aliphatic carbocycles. The highest BCUT2D eigenvalue weighted by atomic mass is 32.1. The molecule has 0 spiro atoms. The topological polar surface area (TPSA) is 115 Å². The van der Waals surface area contributed by atoms with Crippen LogP contribution in [0.2, 0.25) is 0 Å². The third kappa shape index (κ3) is 13.6. The molecule has 0 saturated heterocycles. The van der Waals surface area contributed by atoms with Crippen LogP contribution in [0.3, 0.4) is 0 Å². The van der Waals surface area contributed by atoms with E-state index in [1.807, 2.05) is 6.92 Å². The summed E-state index contributed by atoms with van der Waals surface area (Å²) in [5, 5.41) is 33.3. The van der Waals surface area contributed by atoms with E-state index >= 15 is 0 Å². The maximum Gasteiger partial charge on any atom is 0.316 e. The molecule has 6 nitrogen and oxygen atoms in total. The molecule has 0 radical (unpaired) electrons. The summed E-state index contributed by atoms with van der Waals surface area (Å²) >= 11 is 3.48. The van der Waals surface area contributed by atoms with Crippen molar-refractivity contribution >= 4 is 24.6 Å². The number of carboxylic acids is 2. The Bertz CT molecular complexity index is 287. The van der Waals surface area contributed by atoms with Crippen LogP contribution in [0.5, 0.6) is 0 Å². The number of hydrogen-bond acceptors (Lipinski definition) is 5. The molecule has 0 aliphatic heterocycles. The predicted molar refractivity (Wildman–Crippen MR) is 78.8 cm³/mol. The summed E-state index contributed by atoms with van der Waals surface area (Å²) in [6.45, 7) is 5.46. The highest BCUT2D eigenvalue weighted by Crippen LogP contribution is 2.19. The first kappa shape index (κ1) is 21.5. The molecule has 0 saturated carbocycles. The van der Waals surface area contributed by atoms with Crippen LogP contribution < -0.4 is 0 Å². The number of hydrogen-bond donors (Lipinski definition) is 5. The van der Waals surface area contributed by atoms with Crippen molar-refractivity contribution in [3.8, 4) is 0 Å². The molecule has 4 N–H and O–H groups in total. The van der Waals surface area contributed by atoms with Crippen molar-refractivity contribution in [2.45, 2.75) is 63.9 Å². The van der Waals surface area contributed by atoms with Crippen LogP contribution in [-0.2, 0) is 9.59 Å². The average molecular weight is 310 g/mol. The Morgan fingerprint density at radius 2 is 1.70 bits per heavy atom. The second-order valence-electron chi connectivity index (χ2n) is 4.94. The van der Waals surface area contributed by atoms with E-state index in [2.05, 4.69) is 19.6 Å². The summed E-state index contributed by atoms with van der Waals surface area (Å²) in [5.74, 6) is -3.87. The summed E-state index contributed by atoms with van der Waals surface area (Å²) in [7, 11) is 0. The van der Waals surface area contributed by atoms with Gasteiger partial charge in [-0.2, -0.15) is 12.6 Å². The standard InChI is InChI=1S/C9H20O2.C4H6O4S/c1-4-5-6-7-8(2)9(3,10)11;5-3(6)1-2(9)4(7)8/h8,10-11H,4-7H2,1-3H3;2,9H,1H2,(H,5,6)(H,7,8). The Hall–Kier alpha value is -0.790. The number of carbonyl (C=O) groups is 2. The van der Waals surface area contributed by atoms with Gasteiger partial charge in [0.05, 0.1) is 6.42 Å². The highest BCUT2D eigenvalue weighted by Gasteiger charge is 2.23. The van der Waals surface area contributed by atoms with E-state index in [-0.39, 0.29) is 5.92 Å². The van der Waals surface area contributed by atoms with Gasteiger partial charge in [0.2, 0.25) is 0 Å². The molecule has 0 aromatic carbocycles. The summed E-state index contributed by atoms with van der Waals surface area (Å²) in [4.78, 5) is 19.7. The van der Waals surface area contributed by atoms with Gasteiger partial charge < -0.3 is 20.4 Å². The smallest absolute Gasteiger partial charge is 0.316 e. The minimum atomic E-state index is -1.49. The van der Waals surface area contributed by atoms with Crippen molar-refractivity contribution in [3.63, 3.8) is 0 Å². The third-order valence-electron chi connectivity index (χ3n) is 2.83. The predicted octanol–water partition coefficient (Wildman–Crippen LogP) is 1.75. The van der Waals surface area contributed by atoms with E-state index in [1.165, 1.54) is 19.8 Å². The lowest BCUT2D eigenvalue weighted by atomic mass is 9.96. The Kier molecular flexibility index (Phi) is 11.8. The first-order valence-corrected chi connectivity index (χ1v) is 7.11. The molecular formula is C13H26O6S. The van der Waals surface area contributed by atoms with Gasteiger partial charge in [0, 0.05) is 5.92 Å². The molecule has 2 unspecified atom stereocenters. The molecule has 0 aliphatic rings. The molecule has 0 amide bonds. The molecule has 0 fully saturated rings. The van der Waals surface area contributed by atoms with Gasteiger partial charge in [-0.05, 0) is 13.3 Å². The Balaban J connectivity index is 0. The van der Waals surface area contributed by atoms with Gasteiger partial charge in [0.25, 0.3) is 0 Å². The minimum Gasteiger partial charge on any atom is -0.481 e. The molecule has 20 heavy (non-hydrogen) atoms. The summed E-state index contributed by atoms with van der Waals surface area (Å²) in [5.41, 5.74) is 0. The number of carboxylic acid groups (broad SMARTS) is 2. The first-order valence-electron chi connectivity index (χ1n) is 6.59. The van der Waals surface area contributed by atoms with Gasteiger partial charge in [-0.15, -0.1) is 0 Å². The van der Waals surface area contributed by atoms with Crippen molar-refractivity contribution in [1.82, 2.24) is 0 Å². The van der Waals surface area contributed by atoms with Crippen molar-refractivity contribution in [1.29, 1.82) is 0 Å². The van der Waals surface area contributed by atoms with Gasteiger partial charge in [-0.25, -0.2) is 0 Å². The van der Waals surface area contributed by atoms with Crippen LogP contribution >= 0.6 is 12.6 Å². The van der Waals surface area contributed by atoms with E-state index in [9.17, 15) is 9.59 Å². The minimum absolute atomic E-state index is 0.0194. The van der Waals surface area contributed by atoms with Crippen molar-refractivity contribution in [2.24, 2.45) is 5.92 Å². The van der Waals surface area contributed by atoms with Crippen LogP contribution in [0.4, 0.5) is 0 Å². The maximum absolute atomic E-state index is 9.90. The summed E-state index contributed by atoms with van der Waals surface area (Å²) in [6, 6.07) is 0. The van der Waals surface area contributed by atoms with E-state index in [0.29, 0.717) is 0 Å². The summed E-state index contributed by atoms with van der Waals surface area (Å²) in [6.07, 6.45) is 3.91. The second-order valence-corrected chi connectivity index (χ2v) is 5.57. The zero-order chi connectivity index (χ0) is 16.3. The molecule has 0 aromatic heterocycles. The lowest BCUT2D eigenvalue weighted by molar-refractivity contribution is -0.182. The average Bonchev–Trinajstić information content (AvgIpc) is 2.27. The third-order valence-corrected chi connectivity index (χ3v) is 3.23. The molecule has 7 heteroatoms. The number of aliphatic carboxylic acids is 2. The second kappa shape index (κ2) is 10.9. The van der Waals surface area contributed by atoms with Crippen LogP contribution in [0, 0.1) is 5.92 Å². The van der Waals surface area contributed by atoms with Gasteiger partial charge in [-0.3, -0.25) is 9.59 Å². The Morgan fingerprint density at radius 1 is 1.20 bits per heavy atom. The van der Waals surface area contributed by atoms with E-state index in [1.54, 1.807) is 0 Å². The monoisotopic (exact) mass is 310 g/mol. The normalized spacial score (nSPS) is 13.9. The number of thiol groups is 1. The van der Waals surface area contributed by atoms with Gasteiger partial charge in [0.1, 0.15) is 5.25 Å². The Morgan fingerprint density at radius 3 is 1.95 bits per heavy atom. The molecule has 0 aromatic rings. The van der Waals surface area contributed by atoms with Gasteiger partial charge in [-0.1, -0.05) is 33.1 Å². The zero-order valence-corrected chi connectivity index (χ0v) is 13.1. The fourth-order valence-corrected chi connectivity index (χ4v) is 1.38. The fourth-order valence-electron chi connectivity index (χ4n) is 1.23. The SMILES string of the molecule is CCCCCC(C)C(C)(O)O.O=C(O)CC(S)C(=O)O. The number of unbranched alkanes of at least 4 members (excludes halogenated alkanes) is 2. The van der Waals surface area contributed by atoms with Gasteiger partial charge >= 0.3 is 11.9 Å². The van der Waals surface area contributed by atoms with Gasteiger partial charge in [0.15, 0.2) is 5.79 Å². The molecule has 120 valence electrons. The van der Waals surface area contributed by atoms with Crippen molar-refractivity contribution in [2.75, 3.05) is 0 Å². The molecule has 0 heterocycles. The molecule has 2 atom stereocenters. The Labute approximate surface area is 125 Å². The number of aliphatic hydroxyl groups is 2. The van der Waals surface area contributed by atoms with E-state index in [4.69, 9.17) is 20.4 Å². The highest BCUT2D eigenvalue weighted by molar-refractivity contribution is 7.81. The largest absolute Gasteiger partial charge is 0.481 e. The van der Waals surface area contributed by atoms with E-state index in [0.717, 1.165) is 12.8 Å². The maximum atomic E-state index is 9.90. The lowest BCUT2D eigenvalue weighted by Gasteiger charge is -2.23. The fraction of sp³-hybridized carbons (Fsp3) is 0.846. The van der Waals surface area contributed by atoms with Crippen molar-refractivity contribution < 1.29 is 30.0 Å². The quantitative estimate of drug-likeness (QED) is 0.265. The van der Waals surface area contributed by atoms with Crippen molar-refractivity contribution in [3.05, 3.63) is 0 Å². The van der Waals surface area contributed by atoms with Crippen LogP contribution in [0.25, 0.3) is 0 Å². The van der Waals surface area contributed by atoms with Crippen LogP contribution in [-0.4, -0.2) is 43.4 Å². The zero-order valence-electron chi connectivity index (χ0n) is 12.2. The molecular weight excluding hydrogens is 284 g/mol. The molecule has 0 bridgehead atoms. The van der Waals surface area contributed by atoms with Crippen LogP contribution in [0.15, 0.2) is 0 Å². The first-order chi connectivity index (χ1) is 9.02. The van der Waals surface area contributed by atoms with Crippen LogP contribution in [0.1, 0.15) is 52.9 Å². The summed E-state index contributed by atoms with van der Waals surface area (Å²) < 4.78 is 0.